The van der Waals surface area contributed by atoms with E-state index in [-0.39, 0.29) is 0 Å². The van der Waals surface area contributed by atoms with Crippen molar-refractivity contribution >= 4 is 75.0 Å². The summed E-state index contributed by atoms with van der Waals surface area (Å²) in [6.45, 7) is 0. The summed E-state index contributed by atoms with van der Waals surface area (Å²) in [5.74, 6) is 1.83. The summed E-state index contributed by atoms with van der Waals surface area (Å²) < 4.78 is 9.97. The molecule has 0 N–H and O–H groups in total. The normalized spacial score (nSPS) is 11.7. The maximum Gasteiger partial charge on any atom is 0.164 e. The molecule has 0 bridgehead atoms. The van der Waals surface area contributed by atoms with E-state index in [4.69, 9.17) is 24.4 Å². The lowest BCUT2D eigenvalue weighted by Gasteiger charge is -2.10. The number of fused-ring (bicyclic) bond motifs is 7. The zero-order valence-electron chi connectivity index (χ0n) is 31.3. The van der Waals surface area contributed by atoms with Gasteiger partial charge in [0.25, 0.3) is 0 Å². The van der Waals surface area contributed by atoms with Crippen LogP contribution >= 0.6 is 22.7 Å². The molecule has 12 aromatic rings. The van der Waals surface area contributed by atoms with Gasteiger partial charge in [-0.1, -0.05) is 133 Å². The highest BCUT2D eigenvalue weighted by molar-refractivity contribution is 7.26. The van der Waals surface area contributed by atoms with E-state index in [1.165, 1.54) is 41.6 Å². The molecule has 4 heterocycles. The number of thiophene rings is 1. The van der Waals surface area contributed by atoms with Gasteiger partial charge in [-0.2, -0.15) is 0 Å². The van der Waals surface area contributed by atoms with Gasteiger partial charge in [0.05, 0.1) is 10.2 Å². The quantitative estimate of drug-likeness (QED) is 0.168. The fraction of sp³-hybridized carbons (Fsp3) is 0. The van der Waals surface area contributed by atoms with Crippen molar-refractivity contribution in [3.8, 4) is 67.0 Å². The van der Waals surface area contributed by atoms with Gasteiger partial charge in [0, 0.05) is 53.2 Å². The van der Waals surface area contributed by atoms with Gasteiger partial charge in [-0.05, 0) is 70.8 Å². The second kappa shape index (κ2) is 13.7. The molecule has 276 valence electrons. The molecule has 0 saturated carbocycles. The Morgan fingerprint density at radius 2 is 0.983 bits per heavy atom. The molecular weight excluding hydrogens is 761 g/mol. The number of thiazole rings is 1. The minimum Gasteiger partial charge on any atom is -0.456 e. The summed E-state index contributed by atoms with van der Waals surface area (Å²) in [6.07, 6.45) is 0. The zero-order chi connectivity index (χ0) is 38.9. The van der Waals surface area contributed by atoms with Crippen molar-refractivity contribution in [3.63, 3.8) is 0 Å². The Hall–Kier alpha value is -7.32. The van der Waals surface area contributed by atoms with Crippen LogP contribution in [0.4, 0.5) is 0 Å². The third-order valence-electron chi connectivity index (χ3n) is 11.0. The maximum absolute atomic E-state index is 6.25. The van der Waals surface area contributed by atoms with E-state index in [9.17, 15) is 0 Å². The van der Waals surface area contributed by atoms with Gasteiger partial charge in [-0.15, -0.1) is 22.7 Å². The fourth-order valence-corrected chi connectivity index (χ4v) is 10.2. The minimum absolute atomic E-state index is 0.593. The maximum atomic E-state index is 6.25. The second-order valence-corrected chi connectivity index (χ2v) is 16.7. The number of furan rings is 1. The van der Waals surface area contributed by atoms with Crippen LogP contribution in [-0.2, 0) is 0 Å². The Kier molecular flexibility index (Phi) is 7.82. The number of rotatable bonds is 6. The first-order valence-corrected chi connectivity index (χ1v) is 21.1. The topological polar surface area (TPSA) is 64.7 Å². The third kappa shape index (κ3) is 5.90. The van der Waals surface area contributed by atoms with E-state index in [1.54, 1.807) is 11.3 Å². The average molecular weight is 791 g/mol. The fourth-order valence-electron chi connectivity index (χ4n) is 8.05. The summed E-state index contributed by atoms with van der Waals surface area (Å²) in [5.41, 5.74) is 11.2. The summed E-state index contributed by atoms with van der Waals surface area (Å²) in [7, 11) is 0. The summed E-state index contributed by atoms with van der Waals surface area (Å²) in [6, 6.07) is 63.5. The highest BCUT2D eigenvalue weighted by atomic mass is 32.1. The van der Waals surface area contributed by atoms with Crippen LogP contribution < -0.4 is 0 Å². The van der Waals surface area contributed by atoms with Gasteiger partial charge >= 0.3 is 0 Å². The van der Waals surface area contributed by atoms with Crippen LogP contribution in [0.2, 0.25) is 0 Å². The molecular formula is C52H30N4OS2. The first-order chi connectivity index (χ1) is 29.2. The highest BCUT2D eigenvalue weighted by Gasteiger charge is 2.17. The van der Waals surface area contributed by atoms with E-state index >= 15 is 0 Å². The molecule has 0 spiro atoms. The molecule has 0 saturated heterocycles. The van der Waals surface area contributed by atoms with Crippen LogP contribution in [0.25, 0.3) is 119 Å². The molecule has 5 nitrogen and oxygen atoms in total. The molecule has 0 unspecified atom stereocenters. The van der Waals surface area contributed by atoms with Crippen LogP contribution in [0.3, 0.4) is 0 Å². The standard InChI is InChI=1S/C52H30N4OS2/c1-2-10-32(11-3-1)49-54-50(56-51(55-49)37-24-26-40-39-14-4-6-18-44(39)57-45(40)30-37)36-13-8-12-35(28-36)38-15-9-16-41-42-29-34(25-27-46(42)58-48(38)41)31-20-22-33(23-21-31)52-53-43-17-5-7-19-47(43)59-52/h1-30H. The van der Waals surface area contributed by atoms with Crippen LogP contribution in [0.5, 0.6) is 0 Å². The minimum atomic E-state index is 0.593. The lowest BCUT2D eigenvalue weighted by atomic mass is 9.99. The van der Waals surface area contributed by atoms with Gasteiger partial charge in [0.15, 0.2) is 17.5 Å². The van der Waals surface area contributed by atoms with E-state index in [1.807, 2.05) is 72.0 Å². The summed E-state index contributed by atoms with van der Waals surface area (Å²) >= 11 is 3.57. The van der Waals surface area contributed by atoms with Crippen molar-refractivity contribution in [2.75, 3.05) is 0 Å². The van der Waals surface area contributed by atoms with Gasteiger partial charge in [0.2, 0.25) is 0 Å². The number of nitrogens with zero attached hydrogens (tertiary/aromatic N) is 4. The molecule has 8 aromatic carbocycles. The average Bonchev–Trinajstić information content (AvgIpc) is 4.02. The van der Waals surface area contributed by atoms with Crippen molar-refractivity contribution in [1.82, 2.24) is 19.9 Å². The third-order valence-corrected chi connectivity index (χ3v) is 13.3. The number of hydrogen-bond acceptors (Lipinski definition) is 7. The molecule has 12 rings (SSSR count). The zero-order valence-corrected chi connectivity index (χ0v) is 33.0. The lowest BCUT2D eigenvalue weighted by molar-refractivity contribution is 0.669. The van der Waals surface area contributed by atoms with Crippen molar-refractivity contribution in [3.05, 3.63) is 182 Å². The second-order valence-electron chi connectivity index (χ2n) is 14.6. The predicted octanol–water partition coefficient (Wildman–Crippen LogP) is 14.8. The Balaban J connectivity index is 0.919. The van der Waals surface area contributed by atoms with Crippen molar-refractivity contribution in [2.24, 2.45) is 0 Å². The van der Waals surface area contributed by atoms with Gasteiger partial charge in [-0.3, -0.25) is 0 Å². The van der Waals surface area contributed by atoms with Crippen LogP contribution in [0.1, 0.15) is 0 Å². The first kappa shape index (κ1) is 33.8. The van der Waals surface area contributed by atoms with Gasteiger partial charge < -0.3 is 4.42 Å². The van der Waals surface area contributed by atoms with E-state index < -0.39 is 0 Å². The highest BCUT2D eigenvalue weighted by Crippen LogP contribution is 2.42. The molecule has 0 aliphatic carbocycles. The Labute approximate surface area is 346 Å². The monoisotopic (exact) mass is 790 g/mol. The Bertz CT molecular complexity index is 3530. The number of para-hydroxylation sites is 2. The molecule has 0 fully saturated rings. The smallest absolute Gasteiger partial charge is 0.164 e. The molecule has 59 heavy (non-hydrogen) atoms. The van der Waals surface area contributed by atoms with Crippen molar-refractivity contribution in [1.29, 1.82) is 0 Å². The van der Waals surface area contributed by atoms with Crippen molar-refractivity contribution in [2.45, 2.75) is 0 Å². The van der Waals surface area contributed by atoms with Crippen LogP contribution in [0.15, 0.2) is 186 Å². The SMILES string of the molecule is c1ccc(-c2nc(-c3cccc(-c4cccc5c4sc4ccc(-c6ccc(-c7nc8ccccc8s7)cc6)cc45)c3)nc(-c3ccc4c(c3)oc3ccccc34)n2)cc1. The molecule has 7 heteroatoms. The molecule has 4 aromatic heterocycles. The number of benzene rings is 8. The van der Waals surface area contributed by atoms with Gasteiger partial charge in [0.1, 0.15) is 16.2 Å². The molecule has 0 atom stereocenters. The van der Waals surface area contributed by atoms with E-state index in [0.717, 1.165) is 60.3 Å². The van der Waals surface area contributed by atoms with Crippen LogP contribution in [0, 0.1) is 0 Å². The van der Waals surface area contributed by atoms with E-state index in [0.29, 0.717) is 17.5 Å². The number of hydrogen-bond donors (Lipinski definition) is 0. The van der Waals surface area contributed by atoms with Crippen LogP contribution in [-0.4, -0.2) is 19.9 Å². The summed E-state index contributed by atoms with van der Waals surface area (Å²) in [4.78, 5) is 20.0. The predicted molar refractivity (Wildman–Crippen MR) is 246 cm³/mol. The molecule has 0 radical (unpaired) electrons. The van der Waals surface area contributed by atoms with Gasteiger partial charge in [-0.25, -0.2) is 19.9 Å². The number of aromatic nitrogens is 4. The lowest BCUT2D eigenvalue weighted by Crippen LogP contribution is -2.00. The summed E-state index contributed by atoms with van der Waals surface area (Å²) in [5, 5.41) is 5.70. The molecule has 0 amide bonds. The largest absolute Gasteiger partial charge is 0.456 e. The van der Waals surface area contributed by atoms with E-state index in [2.05, 4.69) is 121 Å². The van der Waals surface area contributed by atoms with Crippen molar-refractivity contribution < 1.29 is 4.42 Å². The molecule has 0 aliphatic heterocycles. The molecule has 0 aliphatic rings. The first-order valence-electron chi connectivity index (χ1n) is 19.4. The Morgan fingerprint density at radius 3 is 1.85 bits per heavy atom. The Morgan fingerprint density at radius 1 is 0.339 bits per heavy atom.